The first kappa shape index (κ1) is 23.1. The molecule has 0 aliphatic carbocycles. The highest BCUT2D eigenvalue weighted by atomic mass is 32.2. The monoisotopic (exact) mass is 471 g/mol. The van der Waals surface area contributed by atoms with E-state index < -0.39 is 22.0 Å². The highest BCUT2D eigenvalue weighted by Gasteiger charge is 2.36. The molecule has 1 saturated heterocycles. The Morgan fingerprint density at radius 3 is 2.39 bits per heavy atom. The van der Waals surface area contributed by atoms with Crippen molar-refractivity contribution >= 4 is 33.2 Å². The Labute approximate surface area is 194 Å². The average molecular weight is 472 g/mol. The smallest absolute Gasteiger partial charge is 0.267 e. The number of benzene rings is 2. The van der Waals surface area contributed by atoms with Gasteiger partial charge in [-0.25, -0.2) is 8.42 Å². The van der Waals surface area contributed by atoms with Gasteiger partial charge in [-0.2, -0.15) is 0 Å². The number of nitrogens with zero attached hydrogens (tertiary/aromatic N) is 2. The lowest BCUT2D eigenvalue weighted by atomic mass is 10.1. The van der Waals surface area contributed by atoms with Crippen molar-refractivity contribution in [2.24, 2.45) is 0 Å². The number of nitrogens with one attached hydrogen (secondary N) is 1. The molecule has 33 heavy (non-hydrogen) atoms. The number of ether oxygens (including phenoxy) is 1. The quantitative estimate of drug-likeness (QED) is 0.722. The van der Waals surface area contributed by atoms with Crippen molar-refractivity contribution < 1.29 is 22.7 Å². The van der Waals surface area contributed by atoms with Crippen LogP contribution in [0.4, 0.5) is 11.4 Å². The van der Waals surface area contributed by atoms with Gasteiger partial charge in [-0.1, -0.05) is 37.1 Å². The summed E-state index contributed by atoms with van der Waals surface area (Å²) in [5.41, 5.74) is 1.23. The minimum atomic E-state index is -3.60. The molecule has 176 valence electrons. The molecule has 2 aliphatic heterocycles. The topological polar surface area (TPSA) is 96.0 Å². The van der Waals surface area contributed by atoms with Crippen LogP contribution < -0.4 is 14.4 Å². The number of sulfonamides is 1. The number of likely N-dealkylation sites (tertiary alicyclic amines) is 1. The zero-order valence-corrected chi connectivity index (χ0v) is 19.5. The third-order valence-electron chi connectivity index (χ3n) is 6.04. The molecule has 0 radical (unpaired) electrons. The molecule has 2 aromatic carbocycles. The van der Waals surface area contributed by atoms with Crippen molar-refractivity contribution in [3.8, 4) is 5.75 Å². The molecule has 1 fully saturated rings. The van der Waals surface area contributed by atoms with E-state index in [0.29, 0.717) is 35.8 Å². The van der Waals surface area contributed by atoms with E-state index in [1.54, 1.807) is 55.5 Å². The van der Waals surface area contributed by atoms with E-state index in [1.165, 1.54) is 4.31 Å². The molecule has 9 heteroatoms. The SMILES string of the molecule is CCS(=O)(=O)N1C[C@H](C(=O)Nc2ccccc2C(=O)N2CCCCCC2)Oc2ccccc21. The maximum Gasteiger partial charge on any atom is 0.267 e. The van der Waals surface area contributed by atoms with Crippen LogP contribution in [0.1, 0.15) is 43.0 Å². The highest BCUT2D eigenvalue weighted by Crippen LogP contribution is 2.35. The number of rotatable bonds is 5. The van der Waals surface area contributed by atoms with Gasteiger partial charge in [0.15, 0.2) is 6.10 Å². The Hall–Kier alpha value is -3.07. The molecule has 2 aliphatic rings. The molecule has 0 spiro atoms. The first-order valence-electron chi connectivity index (χ1n) is 11.4. The average Bonchev–Trinajstić information content (AvgIpc) is 3.13. The summed E-state index contributed by atoms with van der Waals surface area (Å²) in [4.78, 5) is 28.2. The molecule has 1 atom stereocenters. The second-order valence-electron chi connectivity index (χ2n) is 8.25. The van der Waals surface area contributed by atoms with Gasteiger partial charge in [0.1, 0.15) is 5.75 Å². The van der Waals surface area contributed by atoms with Crippen LogP contribution in [0, 0.1) is 0 Å². The van der Waals surface area contributed by atoms with Crippen LogP contribution in [0.5, 0.6) is 5.75 Å². The lowest BCUT2D eigenvalue weighted by Crippen LogP contribution is -2.49. The zero-order chi connectivity index (χ0) is 23.4. The van der Waals surface area contributed by atoms with E-state index in [4.69, 9.17) is 4.74 Å². The third kappa shape index (κ3) is 4.98. The summed E-state index contributed by atoms with van der Waals surface area (Å²) in [6.45, 7) is 2.83. The number of fused-ring (bicyclic) bond motifs is 1. The van der Waals surface area contributed by atoms with Crippen molar-refractivity contribution in [3.63, 3.8) is 0 Å². The number of anilines is 2. The van der Waals surface area contributed by atoms with E-state index in [2.05, 4.69) is 5.32 Å². The molecular formula is C24H29N3O5S. The fraction of sp³-hybridized carbons (Fsp3) is 0.417. The van der Waals surface area contributed by atoms with Gasteiger partial charge in [0.25, 0.3) is 11.8 Å². The normalized spacial score (nSPS) is 18.6. The molecule has 0 unspecified atom stereocenters. The number of hydrogen-bond acceptors (Lipinski definition) is 5. The molecule has 8 nitrogen and oxygen atoms in total. The van der Waals surface area contributed by atoms with Gasteiger partial charge in [0.05, 0.1) is 29.2 Å². The second-order valence-corrected chi connectivity index (χ2v) is 10.4. The van der Waals surface area contributed by atoms with Crippen LogP contribution in [-0.2, 0) is 14.8 Å². The van der Waals surface area contributed by atoms with Crippen LogP contribution in [0.25, 0.3) is 0 Å². The molecule has 0 saturated carbocycles. The molecule has 2 heterocycles. The number of para-hydroxylation sites is 3. The highest BCUT2D eigenvalue weighted by molar-refractivity contribution is 7.92. The summed E-state index contributed by atoms with van der Waals surface area (Å²) < 4.78 is 32.4. The Kier molecular flexibility index (Phi) is 6.88. The van der Waals surface area contributed by atoms with Crippen LogP contribution in [-0.4, -0.2) is 56.6 Å². The summed E-state index contributed by atoms with van der Waals surface area (Å²) in [6, 6.07) is 13.7. The summed E-state index contributed by atoms with van der Waals surface area (Å²) in [7, 11) is -3.60. The number of amides is 2. The number of hydrogen-bond donors (Lipinski definition) is 1. The van der Waals surface area contributed by atoms with E-state index >= 15 is 0 Å². The van der Waals surface area contributed by atoms with Crippen LogP contribution in [0.2, 0.25) is 0 Å². The predicted octanol–water partition coefficient (Wildman–Crippen LogP) is 3.26. The van der Waals surface area contributed by atoms with E-state index in [9.17, 15) is 18.0 Å². The summed E-state index contributed by atoms with van der Waals surface area (Å²) >= 11 is 0. The Bertz CT molecular complexity index is 1130. The van der Waals surface area contributed by atoms with Crippen LogP contribution in [0.15, 0.2) is 48.5 Å². The molecule has 1 N–H and O–H groups in total. The zero-order valence-electron chi connectivity index (χ0n) is 18.7. The standard InChI is InChI=1S/C24H29N3O5S/c1-2-33(30,31)27-17-22(32-21-14-8-7-13-20(21)27)23(28)25-19-12-6-5-11-18(19)24(29)26-15-9-3-4-10-16-26/h5-8,11-14,22H,2-4,9-10,15-17H2,1H3,(H,25,28)/t22-/m1/s1. The van der Waals surface area contributed by atoms with E-state index in [0.717, 1.165) is 25.7 Å². The number of carbonyl (C=O) groups excluding carboxylic acids is 2. The van der Waals surface area contributed by atoms with Gasteiger partial charge < -0.3 is 15.0 Å². The first-order valence-corrected chi connectivity index (χ1v) is 13.0. The predicted molar refractivity (Wildman–Crippen MR) is 127 cm³/mol. The lowest BCUT2D eigenvalue weighted by Gasteiger charge is -2.34. The Morgan fingerprint density at radius 2 is 1.67 bits per heavy atom. The van der Waals surface area contributed by atoms with Crippen LogP contribution >= 0.6 is 0 Å². The van der Waals surface area contributed by atoms with E-state index in [1.807, 2.05) is 4.90 Å². The molecule has 0 bridgehead atoms. The summed E-state index contributed by atoms with van der Waals surface area (Å²) in [6.07, 6.45) is 3.11. The minimum Gasteiger partial charge on any atom is -0.476 e. The maximum absolute atomic E-state index is 13.2. The van der Waals surface area contributed by atoms with Gasteiger partial charge in [-0.15, -0.1) is 0 Å². The van der Waals surface area contributed by atoms with Crippen molar-refractivity contribution in [1.29, 1.82) is 0 Å². The fourth-order valence-corrected chi connectivity index (χ4v) is 5.32. The van der Waals surface area contributed by atoms with Gasteiger partial charge in [-0.3, -0.25) is 13.9 Å². The minimum absolute atomic E-state index is 0.0944. The summed E-state index contributed by atoms with van der Waals surface area (Å²) in [5.74, 6) is -0.382. The molecule has 2 amide bonds. The maximum atomic E-state index is 13.2. The van der Waals surface area contributed by atoms with E-state index in [-0.39, 0.29) is 18.2 Å². The summed E-state index contributed by atoms with van der Waals surface area (Å²) in [5, 5.41) is 2.80. The van der Waals surface area contributed by atoms with Crippen molar-refractivity contribution in [2.45, 2.75) is 38.7 Å². The molecule has 0 aromatic heterocycles. The molecular weight excluding hydrogens is 442 g/mol. The molecule has 4 rings (SSSR count). The van der Waals surface area contributed by atoms with Gasteiger partial charge in [0, 0.05) is 13.1 Å². The Balaban J connectivity index is 1.56. The van der Waals surface area contributed by atoms with Crippen molar-refractivity contribution in [3.05, 3.63) is 54.1 Å². The Morgan fingerprint density at radius 1 is 1.00 bits per heavy atom. The largest absolute Gasteiger partial charge is 0.476 e. The van der Waals surface area contributed by atoms with Crippen molar-refractivity contribution in [1.82, 2.24) is 4.90 Å². The third-order valence-corrected chi connectivity index (χ3v) is 7.78. The van der Waals surface area contributed by atoms with Gasteiger partial charge in [0.2, 0.25) is 10.0 Å². The van der Waals surface area contributed by atoms with Crippen molar-refractivity contribution in [2.75, 3.05) is 35.0 Å². The van der Waals surface area contributed by atoms with Gasteiger partial charge >= 0.3 is 0 Å². The lowest BCUT2D eigenvalue weighted by molar-refractivity contribution is -0.122. The second kappa shape index (κ2) is 9.82. The first-order chi connectivity index (χ1) is 15.9. The van der Waals surface area contributed by atoms with Crippen LogP contribution in [0.3, 0.4) is 0 Å². The van der Waals surface area contributed by atoms with Gasteiger partial charge in [-0.05, 0) is 44.0 Å². The molecule has 2 aromatic rings. The fourth-order valence-electron chi connectivity index (χ4n) is 4.19. The number of carbonyl (C=O) groups is 2.